The Hall–Kier alpha value is -2.89. The maximum Gasteiger partial charge on any atom is 0.272 e. The highest BCUT2D eigenvalue weighted by Crippen LogP contribution is 2.30. The number of rotatable bonds is 2. The lowest BCUT2D eigenvalue weighted by atomic mass is 10.1. The molecule has 3 aromatic rings. The second-order valence-corrected chi connectivity index (χ2v) is 5.04. The zero-order valence-corrected chi connectivity index (χ0v) is 11.7. The van der Waals surface area contributed by atoms with Crippen molar-refractivity contribution in [3.8, 4) is 11.3 Å². The van der Waals surface area contributed by atoms with Gasteiger partial charge in [-0.25, -0.2) is 4.98 Å². The Bertz CT molecular complexity index is 867. The predicted molar refractivity (Wildman–Crippen MR) is 81.2 cm³/mol. The smallest absolute Gasteiger partial charge is 0.272 e. The molecule has 0 aliphatic carbocycles. The molecular weight excluding hydrogens is 268 g/mol. The van der Waals surface area contributed by atoms with Gasteiger partial charge >= 0.3 is 0 Å². The van der Waals surface area contributed by atoms with Crippen molar-refractivity contribution in [3.63, 3.8) is 0 Å². The molecule has 6 nitrogen and oxygen atoms in total. The van der Waals surface area contributed by atoms with Crippen LogP contribution in [0.3, 0.4) is 0 Å². The number of aryl methyl sites for hydroxylation is 2. The van der Waals surface area contributed by atoms with Crippen LogP contribution in [-0.4, -0.2) is 14.3 Å². The van der Waals surface area contributed by atoms with Crippen molar-refractivity contribution in [3.05, 3.63) is 57.8 Å². The van der Waals surface area contributed by atoms with Crippen molar-refractivity contribution in [1.82, 2.24) is 9.38 Å². The van der Waals surface area contributed by atoms with Crippen molar-refractivity contribution in [2.45, 2.75) is 13.8 Å². The summed E-state index contributed by atoms with van der Waals surface area (Å²) in [5.41, 5.74) is 9.80. The molecule has 0 aliphatic rings. The summed E-state index contributed by atoms with van der Waals surface area (Å²) in [5.74, 6) is 0.479. The Morgan fingerprint density at radius 3 is 2.71 bits per heavy atom. The van der Waals surface area contributed by atoms with Gasteiger partial charge in [-0.15, -0.1) is 0 Å². The Kier molecular flexibility index (Phi) is 2.86. The summed E-state index contributed by atoms with van der Waals surface area (Å²) >= 11 is 0. The number of hydrogen-bond acceptors (Lipinski definition) is 4. The van der Waals surface area contributed by atoms with E-state index >= 15 is 0 Å². The number of aromatic nitrogens is 2. The fraction of sp³-hybridized carbons (Fsp3) is 0.133. The fourth-order valence-corrected chi connectivity index (χ4v) is 2.33. The van der Waals surface area contributed by atoms with Crippen molar-refractivity contribution in [2.24, 2.45) is 0 Å². The van der Waals surface area contributed by atoms with Gasteiger partial charge in [-0.1, -0.05) is 18.2 Å². The Balaban J connectivity index is 2.23. The molecule has 0 saturated carbocycles. The van der Waals surface area contributed by atoms with Crippen molar-refractivity contribution < 1.29 is 4.92 Å². The van der Waals surface area contributed by atoms with Crippen molar-refractivity contribution >= 4 is 17.2 Å². The van der Waals surface area contributed by atoms with Crippen LogP contribution >= 0.6 is 0 Å². The van der Waals surface area contributed by atoms with E-state index in [-0.39, 0.29) is 5.69 Å². The van der Waals surface area contributed by atoms with E-state index in [0.29, 0.717) is 22.6 Å². The average molecular weight is 282 g/mol. The van der Waals surface area contributed by atoms with Gasteiger partial charge in [0, 0.05) is 23.4 Å². The maximum atomic E-state index is 11.1. The quantitative estimate of drug-likeness (QED) is 0.578. The molecule has 0 bridgehead atoms. The van der Waals surface area contributed by atoms with Gasteiger partial charge in [-0.05, 0) is 25.5 Å². The second-order valence-electron chi connectivity index (χ2n) is 5.04. The number of nitro groups is 1. The molecule has 0 spiro atoms. The van der Waals surface area contributed by atoms with E-state index in [4.69, 9.17) is 5.73 Å². The largest absolute Gasteiger partial charge is 0.383 e. The van der Waals surface area contributed by atoms with Gasteiger partial charge in [0.25, 0.3) is 5.69 Å². The second kappa shape index (κ2) is 4.59. The average Bonchev–Trinajstić information content (AvgIpc) is 2.76. The van der Waals surface area contributed by atoms with Crippen LogP contribution in [0, 0.1) is 24.0 Å². The third-order valence-electron chi connectivity index (χ3n) is 3.48. The molecule has 0 atom stereocenters. The van der Waals surface area contributed by atoms with Gasteiger partial charge in [0.2, 0.25) is 0 Å². The van der Waals surface area contributed by atoms with E-state index in [0.717, 1.165) is 11.2 Å². The van der Waals surface area contributed by atoms with Crippen LogP contribution in [-0.2, 0) is 0 Å². The molecule has 0 fully saturated rings. The third kappa shape index (κ3) is 2.10. The minimum Gasteiger partial charge on any atom is -0.383 e. The first-order valence-electron chi connectivity index (χ1n) is 6.47. The molecule has 0 amide bonds. The number of pyridine rings is 1. The number of nitro benzene ring substituents is 1. The molecular formula is C15H14N4O2. The summed E-state index contributed by atoms with van der Waals surface area (Å²) in [7, 11) is 0. The van der Waals surface area contributed by atoms with Crippen LogP contribution in [0.4, 0.5) is 11.5 Å². The summed E-state index contributed by atoms with van der Waals surface area (Å²) in [6.45, 7) is 3.67. The Morgan fingerprint density at radius 2 is 2.00 bits per heavy atom. The van der Waals surface area contributed by atoms with Crippen molar-refractivity contribution in [2.75, 3.05) is 5.73 Å². The van der Waals surface area contributed by atoms with E-state index < -0.39 is 4.92 Å². The summed E-state index contributed by atoms with van der Waals surface area (Å²) in [4.78, 5) is 15.1. The van der Waals surface area contributed by atoms with Gasteiger partial charge in [0.15, 0.2) is 0 Å². The van der Waals surface area contributed by atoms with Gasteiger partial charge < -0.3 is 5.73 Å². The topological polar surface area (TPSA) is 86.5 Å². The maximum absolute atomic E-state index is 11.1. The number of nitrogen functional groups attached to an aromatic ring is 1. The lowest BCUT2D eigenvalue weighted by Gasteiger charge is -2.02. The number of hydrogen-bond donors (Lipinski definition) is 1. The van der Waals surface area contributed by atoms with E-state index in [1.54, 1.807) is 23.5 Å². The standard InChI is InChI=1S/C15H14N4O2/c1-9-3-6-13-17-14(15(16)18(13)8-9)11-5-4-10(2)12(7-11)19(20)21/h3-8H,16H2,1-2H3. The van der Waals surface area contributed by atoms with Crippen LogP contribution < -0.4 is 5.73 Å². The molecule has 0 aliphatic heterocycles. The first kappa shape index (κ1) is 13.1. The third-order valence-corrected chi connectivity index (χ3v) is 3.48. The monoisotopic (exact) mass is 282 g/mol. The van der Waals surface area contributed by atoms with Gasteiger partial charge in [-0.3, -0.25) is 14.5 Å². The first-order valence-corrected chi connectivity index (χ1v) is 6.47. The minimum absolute atomic E-state index is 0.0696. The normalized spacial score (nSPS) is 11.0. The highest BCUT2D eigenvalue weighted by Gasteiger charge is 2.16. The highest BCUT2D eigenvalue weighted by atomic mass is 16.6. The zero-order valence-electron chi connectivity index (χ0n) is 11.7. The highest BCUT2D eigenvalue weighted by molar-refractivity contribution is 5.76. The van der Waals surface area contributed by atoms with Crippen LogP contribution in [0.1, 0.15) is 11.1 Å². The number of imidazole rings is 1. The summed E-state index contributed by atoms with van der Waals surface area (Å²) in [6, 6.07) is 8.84. The van der Waals surface area contributed by atoms with E-state index in [1.807, 2.05) is 25.3 Å². The molecule has 106 valence electrons. The Labute approximate surface area is 121 Å². The van der Waals surface area contributed by atoms with Gasteiger partial charge in [0.05, 0.1) is 4.92 Å². The molecule has 2 heterocycles. The zero-order chi connectivity index (χ0) is 15.1. The van der Waals surface area contributed by atoms with Gasteiger partial charge in [0.1, 0.15) is 17.2 Å². The molecule has 1 aromatic carbocycles. The molecule has 2 aromatic heterocycles. The van der Waals surface area contributed by atoms with Crippen LogP contribution in [0.5, 0.6) is 0 Å². The molecule has 6 heteroatoms. The molecule has 0 unspecified atom stereocenters. The number of nitrogens with zero attached hydrogens (tertiary/aromatic N) is 3. The lowest BCUT2D eigenvalue weighted by Crippen LogP contribution is -1.96. The van der Waals surface area contributed by atoms with Crippen molar-refractivity contribution in [1.29, 1.82) is 0 Å². The predicted octanol–water partition coefficient (Wildman–Crippen LogP) is 3.11. The SMILES string of the molecule is Cc1ccc2nc(-c3ccc(C)c([N+](=O)[O-])c3)c(N)n2c1. The molecule has 0 saturated heterocycles. The number of fused-ring (bicyclic) bond motifs is 1. The summed E-state index contributed by atoms with van der Waals surface area (Å²) < 4.78 is 1.79. The Morgan fingerprint density at radius 1 is 1.24 bits per heavy atom. The van der Waals surface area contributed by atoms with Crippen LogP contribution in [0.15, 0.2) is 36.5 Å². The van der Waals surface area contributed by atoms with E-state index in [1.165, 1.54) is 6.07 Å². The van der Waals surface area contributed by atoms with E-state index in [9.17, 15) is 10.1 Å². The van der Waals surface area contributed by atoms with E-state index in [2.05, 4.69) is 4.98 Å². The van der Waals surface area contributed by atoms with Crippen LogP contribution in [0.25, 0.3) is 16.9 Å². The van der Waals surface area contributed by atoms with Gasteiger partial charge in [-0.2, -0.15) is 0 Å². The summed E-state index contributed by atoms with van der Waals surface area (Å²) in [6.07, 6.45) is 1.89. The minimum atomic E-state index is -0.394. The fourth-order valence-electron chi connectivity index (χ4n) is 2.33. The summed E-state index contributed by atoms with van der Waals surface area (Å²) in [5, 5.41) is 11.1. The number of nitrogens with two attached hydrogens (primary N) is 1. The molecule has 2 N–H and O–H groups in total. The van der Waals surface area contributed by atoms with Crippen LogP contribution in [0.2, 0.25) is 0 Å². The lowest BCUT2D eigenvalue weighted by molar-refractivity contribution is -0.385. The molecule has 0 radical (unpaired) electrons. The molecule has 3 rings (SSSR count). The number of benzene rings is 1. The molecule has 21 heavy (non-hydrogen) atoms. The first-order chi connectivity index (χ1) is 9.97. The number of anilines is 1.